The minimum Gasteiger partial charge on any atom is -0.466 e. The van der Waals surface area contributed by atoms with Crippen LogP contribution in [0.15, 0.2) is 39.9 Å². The van der Waals surface area contributed by atoms with Crippen molar-refractivity contribution < 1.29 is 9.53 Å². The Balaban J connectivity index is 1.57. The quantitative estimate of drug-likeness (QED) is 0.364. The molecule has 7 heteroatoms. The minimum absolute atomic E-state index is 0.226. The molecule has 1 aliphatic rings. The number of nitrogens with one attached hydrogen (secondary N) is 1. The third-order valence-corrected chi connectivity index (χ3v) is 5.65. The van der Waals surface area contributed by atoms with Crippen molar-refractivity contribution in [3.8, 4) is 0 Å². The molecule has 1 N–H and O–H groups in total. The fourth-order valence-corrected chi connectivity index (χ4v) is 4.07. The number of rotatable bonds is 10. The predicted molar refractivity (Wildman–Crippen MR) is 120 cm³/mol. The highest BCUT2D eigenvalue weighted by Crippen LogP contribution is 2.27. The van der Waals surface area contributed by atoms with E-state index in [0.29, 0.717) is 37.6 Å². The molecule has 7 nitrogen and oxygen atoms in total. The largest absolute Gasteiger partial charge is 0.466 e. The van der Waals surface area contributed by atoms with Gasteiger partial charge in [0.15, 0.2) is 0 Å². The topological polar surface area (TPSA) is 79.0 Å². The highest BCUT2D eigenvalue weighted by Gasteiger charge is 2.32. The fourth-order valence-electron chi connectivity index (χ4n) is 4.07. The molecule has 1 aliphatic heterocycles. The van der Waals surface area contributed by atoms with Crippen LogP contribution in [0.5, 0.6) is 0 Å². The lowest BCUT2D eigenvalue weighted by Crippen LogP contribution is -2.47. The van der Waals surface area contributed by atoms with Gasteiger partial charge in [-0.2, -0.15) is 0 Å². The van der Waals surface area contributed by atoms with Gasteiger partial charge in [0.1, 0.15) is 11.4 Å². The van der Waals surface area contributed by atoms with Crippen molar-refractivity contribution >= 4 is 23.0 Å². The molecule has 1 fully saturated rings. The number of carbonyl (C=O) groups excluding carboxylic acids is 1. The van der Waals surface area contributed by atoms with Gasteiger partial charge in [-0.05, 0) is 45.2 Å². The average molecular weight is 414 g/mol. The highest BCUT2D eigenvalue weighted by molar-refractivity contribution is 5.78. The second-order valence-corrected chi connectivity index (χ2v) is 7.61. The third kappa shape index (κ3) is 4.83. The summed E-state index contributed by atoms with van der Waals surface area (Å²) in [5.74, 6) is -0.476. The molecule has 0 unspecified atom stereocenters. The molecule has 2 aromatic carbocycles. The van der Waals surface area contributed by atoms with Gasteiger partial charge in [-0.1, -0.05) is 18.2 Å². The smallest absolute Gasteiger partial charge is 0.310 e. The second kappa shape index (κ2) is 10.3. The summed E-state index contributed by atoms with van der Waals surface area (Å²) in [6, 6.07) is 10.2. The van der Waals surface area contributed by atoms with Crippen molar-refractivity contribution in [2.75, 3.05) is 54.4 Å². The van der Waals surface area contributed by atoms with E-state index in [2.05, 4.69) is 29.3 Å². The summed E-state index contributed by atoms with van der Waals surface area (Å²) in [5, 5.41) is 3.17. The van der Waals surface area contributed by atoms with Crippen LogP contribution in [0.4, 0.5) is 17.1 Å². The van der Waals surface area contributed by atoms with Gasteiger partial charge in [0.05, 0.1) is 12.5 Å². The molecule has 1 saturated heterocycles. The second-order valence-electron chi connectivity index (χ2n) is 7.61. The molecule has 0 amide bonds. The molecule has 162 valence electrons. The average Bonchev–Trinajstić information content (AvgIpc) is 2.78. The zero-order valence-electron chi connectivity index (χ0n) is 17.9. The molecule has 0 bridgehead atoms. The summed E-state index contributed by atoms with van der Waals surface area (Å²) in [6.07, 6.45) is 2.39. The Morgan fingerprint density at radius 2 is 1.97 bits per heavy atom. The molecule has 0 saturated carbocycles. The number of para-hydroxylation sites is 1. The third-order valence-electron chi connectivity index (χ3n) is 5.65. The summed E-state index contributed by atoms with van der Waals surface area (Å²) in [6.45, 7) is 7.71. The van der Waals surface area contributed by atoms with E-state index in [4.69, 9.17) is 4.74 Å². The molecule has 0 aliphatic carbocycles. The maximum Gasteiger partial charge on any atom is 0.310 e. The molecule has 1 heterocycles. The van der Waals surface area contributed by atoms with Gasteiger partial charge in [0, 0.05) is 38.4 Å². The number of carbonyl (C=O) groups is 1. The molecular weight excluding hydrogens is 382 g/mol. The van der Waals surface area contributed by atoms with Gasteiger partial charge >= 0.3 is 5.97 Å². The Kier molecular flexibility index (Phi) is 7.49. The SMILES string of the molecule is CCOC(=O)[C@H]1CCCN(c2c(NCCCN(CC)c3ccccc3)c(=O)c2=O)C1. The number of anilines is 3. The number of ether oxygens (including phenoxy) is 1. The maximum absolute atomic E-state index is 12.2. The van der Waals surface area contributed by atoms with E-state index in [0.717, 1.165) is 32.4 Å². The van der Waals surface area contributed by atoms with Crippen LogP contribution in [0.25, 0.3) is 0 Å². The molecule has 1 atom stereocenters. The zero-order valence-corrected chi connectivity index (χ0v) is 17.9. The molecular formula is C23H31N3O4. The molecule has 0 aromatic heterocycles. The van der Waals surface area contributed by atoms with Gasteiger partial charge < -0.3 is 19.9 Å². The zero-order chi connectivity index (χ0) is 21.5. The van der Waals surface area contributed by atoms with E-state index >= 15 is 0 Å². The van der Waals surface area contributed by atoms with Gasteiger partial charge in [-0.15, -0.1) is 0 Å². The Hall–Kier alpha value is -2.83. The number of hydrogen-bond acceptors (Lipinski definition) is 7. The van der Waals surface area contributed by atoms with Crippen LogP contribution < -0.4 is 26.0 Å². The van der Waals surface area contributed by atoms with E-state index in [9.17, 15) is 14.4 Å². The molecule has 0 spiro atoms. The van der Waals surface area contributed by atoms with Crippen LogP contribution in [0, 0.1) is 5.92 Å². The first kappa shape index (κ1) is 21.9. The maximum atomic E-state index is 12.2. The van der Waals surface area contributed by atoms with Crippen molar-refractivity contribution in [1.82, 2.24) is 0 Å². The van der Waals surface area contributed by atoms with Crippen LogP contribution in [-0.2, 0) is 9.53 Å². The summed E-state index contributed by atoms with van der Waals surface area (Å²) >= 11 is 0. The predicted octanol–water partition coefficient (Wildman–Crippen LogP) is 2.39. The fraction of sp³-hybridized carbons (Fsp3) is 0.522. The minimum atomic E-state index is -0.460. The number of piperidine rings is 1. The van der Waals surface area contributed by atoms with Gasteiger partial charge in [-0.25, -0.2) is 0 Å². The Labute approximate surface area is 177 Å². The highest BCUT2D eigenvalue weighted by atomic mass is 16.5. The van der Waals surface area contributed by atoms with Gasteiger partial charge in [-0.3, -0.25) is 14.4 Å². The monoisotopic (exact) mass is 413 g/mol. The van der Waals surface area contributed by atoms with Crippen molar-refractivity contribution in [3.05, 3.63) is 50.8 Å². The van der Waals surface area contributed by atoms with E-state index < -0.39 is 10.9 Å². The summed E-state index contributed by atoms with van der Waals surface area (Å²) in [4.78, 5) is 40.6. The molecule has 2 aromatic rings. The Bertz CT molecular complexity index is 905. The normalized spacial score (nSPS) is 16.5. The number of esters is 1. The van der Waals surface area contributed by atoms with Crippen molar-refractivity contribution in [1.29, 1.82) is 0 Å². The summed E-state index contributed by atoms with van der Waals surface area (Å²) in [5.41, 5.74) is 1.09. The molecule has 3 rings (SSSR count). The van der Waals surface area contributed by atoms with E-state index in [1.165, 1.54) is 5.69 Å². The van der Waals surface area contributed by atoms with Crippen LogP contribution in [-0.4, -0.2) is 45.3 Å². The van der Waals surface area contributed by atoms with Crippen LogP contribution in [0.2, 0.25) is 0 Å². The van der Waals surface area contributed by atoms with Crippen LogP contribution in [0.3, 0.4) is 0 Å². The number of nitrogens with zero attached hydrogens (tertiary/aromatic N) is 2. The Morgan fingerprint density at radius 3 is 2.67 bits per heavy atom. The number of hydrogen-bond donors (Lipinski definition) is 1. The van der Waals surface area contributed by atoms with Gasteiger partial charge in [0.25, 0.3) is 10.9 Å². The van der Waals surface area contributed by atoms with Crippen molar-refractivity contribution in [2.45, 2.75) is 33.1 Å². The van der Waals surface area contributed by atoms with Crippen LogP contribution >= 0.6 is 0 Å². The lowest BCUT2D eigenvalue weighted by atomic mass is 9.96. The van der Waals surface area contributed by atoms with Crippen molar-refractivity contribution in [2.24, 2.45) is 5.92 Å². The first-order valence-corrected chi connectivity index (χ1v) is 10.9. The van der Waals surface area contributed by atoms with E-state index in [-0.39, 0.29) is 11.9 Å². The number of benzene rings is 1. The lowest BCUT2D eigenvalue weighted by Gasteiger charge is -2.34. The van der Waals surface area contributed by atoms with Crippen LogP contribution in [0.1, 0.15) is 33.1 Å². The lowest BCUT2D eigenvalue weighted by molar-refractivity contribution is -0.148. The Morgan fingerprint density at radius 1 is 1.20 bits per heavy atom. The van der Waals surface area contributed by atoms with E-state index in [1.807, 2.05) is 23.1 Å². The standard InChI is InChI=1S/C23H31N3O4/c1-3-25(18-11-6-5-7-12-18)15-9-13-24-19-20(22(28)21(19)27)26-14-8-10-17(16-26)23(29)30-4-2/h5-7,11-12,17,24H,3-4,8-10,13-16H2,1-2H3/t17-/m0/s1. The molecule has 0 radical (unpaired) electrons. The van der Waals surface area contributed by atoms with Gasteiger partial charge in [0.2, 0.25) is 0 Å². The first-order valence-electron chi connectivity index (χ1n) is 10.9. The van der Waals surface area contributed by atoms with Crippen molar-refractivity contribution in [3.63, 3.8) is 0 Å². The van der Waals surface area contributed by atoms with E-state index in [1.54, 1.807) is 6.92 Å². The summed E-state index contributed by atoms with van der Waals surface area (Å²) < 4.78 is 5.13. The summed E-state index contributed by atoms with van der Waals surface area (Å²) in [7, 11) is 0. The molecule has 30 heavy (non-hydrogen) atoms. The first-order chi connectivity index (χ1) is 14.6.